The Morgan fingerprint density at radius 2 is 1.84 bits per heavy atom. The van der Waals surface area contributed by atoms with E-state index in [1.165, 1.54) is 26.3 Å². The number of carbonyl (C=O) groups excluding carboxylic acids is 1. The Morgan fingerprint density at radius 1 is 1.26 bits per heavy atom. The summed E-state index contributed by atoms with van der Waals surface area (Å²) >= 11 is 0. The molecular weight excluding hydrogens is 268 g/mol. The highest BCUT2D eigenvalue weighted by Gasteiger charge is 2.28. The van der Waals surface area contributed by atoms with Crippen molar-refractivity contribution in [1.29, 1.82) is 0 Å². The molecular formula is C12H18N2O4S. The van der Waals surface area contributed by atoms with Gasteiger partial charge in [-0.25, -0.2) is 13.1 Å². The summed E-state index contributed by atoms with van der Waals surface area (Å²) in [5.41, 5.74) is -0.830. The smallest absolute Gasteiger partial charge is 0.256 e. The molecule has 0 spiro atoms. The van der Waals surface area contributed by atoms with Crippen LogP contribution < -0.4 is 10.0 Å². The second-order valence-electron chi connectivity index (χ2n) is 4.37. The first-order valence-corrected chi connectivity index (χ1v) is 7.12. The molecule has 0 aliphatic carbocycles. The normalized spacial score (nSPS) is 12.2. The number of rotatable bonds is 5. The van der Waals surface area contributed by atoms with Crippen molar-refractivity contribution in [2.24, 2.45) is 0 Å². The fourth-order valence-electron chi connectivity index (χ4n) is 1.28. The molecule has 0 bridgehead atoms. The Bertz CT molecular complexity index is 567. The van der Waals surface area contributed by atoms with Crippen LogP contribution in [0, 0.1) is 0 Å². The van der Waals surface area contributed by atoms with Crippen LogP contribution in [0.5, 0.6) is 0 Å². The summed E-state index contributed by atoms with van der Waals surface area (Å²) in [5.74, 6) is -0.422. The van der Waals surface area contributed by atoms with E-state index < -0.39 is 21.5 Å². The van der Waals surface area contributed by atoms with Crippen LogP contribution in [0.15, 0.2) is 29.2 Å². The van der Waals surface area contributed by atoms with Crippen LogP contribution in [0.2, 0.25) is 0 Å². The SMILES string of the molecule is CNS(=O)(=O)c1ccccc1NC(=O)C(C)(C)OC. The minimum atomic E-state index is -3.63. The van der Waals surface area contributed by atoms with Crippen LogP contribution in [-0.2, 0) is 19.6 Å². The van der Waals surface area contributed by atoms with Gasteiger partial charge in [0.25, 0.3) is 5.91 Å². The first kappa shape index (κ1) is 15.6. The first-order valence-electron chi connectivity index (χ1n) is 5.64. The topological polar surface area (TPSA) is 84.5 Å². The number of methoxy groups -OCH3 is 1. The summed E-state index contributed by atoms with van der Waals surface area (Å²) in [5, 5.41) is 2.56. The van der Waals surface area contributed by atoms with Gasteiger partial charge < -0.3 is 10.1 Å². The van der Waals surface area contributed by atoms with Gasteiger partial charge in [0.05, 0.1) is 5.69 Å². The minimum Gasteiger partial charge on any atom is -0.369 e. The summed E-state index contributed by atoms with van der Waals surface area (Å²) in [6.07, 6.45) is 0. The van der Waals surface area contributed by atoms with Gasteiger partial charge in [-0.05, 0) is 33.0 Å². The summed E-state index contributed by atoms with van der Waals surface area (Å²) in [6, 6.07) is 6.17. The van der Waals surface area contributed by atoms with Crippen LogP contribution in [0.1, 0.15) is 13.8 Å². The quantitative estimate of drug-likeness (QED) is 0.844. The predicted molar refractivity (Wildman–Crippen MR) is 72.4 cm³/mol. The molecule has 0 saturated carbocycles. The van der Waals surface area contributed by atoms with Crippen LogP contribution in [0.4, 0.5) is 5.69 Å². The highest BCUT2D eigenvalue weighted by atomic mass is 32.2. The second kappa shape index (κ2) is 5.68. The zero-order chi connectivity index (χ0) is 14.7. The number of benzene rings is 1. The molecule has 0 saturated heterocycles. The van der Waals surface area contributed by atoms with E-state index in [4.69, 9.17) is 4.74 Å². The average Bonchev–Trinajstić information content (AvgIpc) is 2.39. The van der Waals surface area contributed by atoms with Gasteiger partial charge in [-0.1, -0.05) is 12.1 Å². The molecule has 2 N–H and O–H groups in total. The molecule has 19 heavy (non-hydrogen) atoms. The third kappa shape index (κ3) is 3.52. The number of nitrogens with one attached hydrogen (secondary N) is 2. The van der Waals surface area contributed by atoms with Gasteiger partial charge in [0.2, 0.25) is 10.0 Å². The van der Waals surface area contributed by atoms with Crippen molar-refractivity contribution in [1.82, 2.24) is 4.72 Å². The molecule has 0 aliphatic rings. The highest BCUT2D eigenvalue weighted by Crippen LogP contribution is 2.22. The molecule has 0 radical (unpaired) electrons. The number of para-hydroxylation sites is 1. The maximum atomic E-state index is 12.0. The average molecular weight is 286 g/mol. The van der Waals surface area contributed by atoms with Crippen molar-refractivity contribution in [3.63, 3.8) is 0 Å². The van der Waals surface area contributed by atoms with Crippen molar-refractivity contribution in [3.8, 4) is 0 Å². The molecule has 0 atom stereocenters. The molecule has 106 valence electrons. The molecule has 0 aromatic heterocycles. The first-order chi connectivity index (χ1) is 8.74. The summed E-state index contributed by atoms with van der Waals surface area (Å²) in [6.45, 7) is 3.19. The fraction of sp³-hybridized carbons (Fsp3) is 0.417. The van der Waals surface area contributed by atoms with Crippen LogP contribution in [-0.4, -0.2) is 34.1 Å². The largest absolute Gasteiger partial charge is 0.369 e. The van der Waals surface area contributed by atoms with Gasteiger partial charge >= 0.3 is 0 Å². The van der Waals surface area contributed by atoms with Crippen molar-refractivity contribution in [2.45, 2.75) is 24.3 Å². The molecule has 1 amide bonds. The van der Waals surface area contributed by atoms with E-state index in [0.29, 0.717) is 0 Å². The molecule has 7 heteroatoms. The molecule has 1 rings (SSSR count). The van der Waals surface area contributed by atoms with Crippen molar-refractivity contribution in [3.05, 3.63) is 24.3 Å². The van der Waals surface area contributed by atoms with E-state index in [1.54, 1.807) is 26.0 Å². The lowest BCUT2D eigenvalue weighted by molar-refractivity contribution is -0.133. The zero-order valence-corrected chi connectivity index (χ0v) is 12.2. The fourth-order valence-corrected chi connectivity index (χ4v) is 2.17. The van der Waals surface area contributed by atoms with Crippen molar-refractivity contribution < 1.29 is 17.9 Å². The van der Waals surface area contributed by atoms with Gasteiger partial charge in [-0.3, -0.25) is 4.79 Å². The van der Waals surface area contributed by atoms with E-state index >= 15 is 0 Å². The van der Waals surface area contributed by atoms with Gasteiger partial charge in [0.15, 0.2) is 0 Å². The van der Waals surface area contributed by atoms with Gasteiger partial charge in [0, 0.05) is 7.11 Å². The Labute approximate surface area is 113 Å². The van der Waals surface area contributed by atoms with Crippen LogP contribution >= 0.6 is 0 Å². The second-order valence-corrected chi connectivity index (χ2v) is 6.23. The highest BCUT2D eigenvalue weighted by molar-refractivity contribution is 7.89. The number of hydrogen-bond donors (Lipinski definition) is 2. The van der Waals surface area contributed by atoms with Crippen LogP contribution in [0.25, 0.3) is 0 Å². The third-order valence-electron chi connectivity index (χ3n) is 2.75. The van der Waals surface area contributed by atoms with E-state index in [9.17, 15) is 13.2 Å². The predicted octanol–water partition coefficient (Wildman–Crippen LogP) is 0.958. The van der Waals surface area contributed by atoms with E-state index in [-0.39, 0.29) is 10.6 Å². The molecule has 0 aliphatic heterocycles. The van der Waals surface area contributed by atoms with Crippen LogP contribution in [0.3, 0.4) is 0 Å². The summed E-state index contributed by atoms with van der Waals surface area (Å²) < 4.78 is 30.9. The third-order valence-corrected chi connectivity index (χ3v) is 4.22. The lowest BCUT2D eigenvalue weighted by Gasteiger charge is -2.22. The van der Waals surface area contributed by atoms with E-state index in [2.05, 4.69) is 10.0 Å². The maximum absolute atomic E-state index is 12.0. The van der Waals surface area contributed by atoms with E-state index in [0.717, 1.165) is 0 Å². The van der Waals surface area contributed by atoms with Gasteiger partial charge in [-0.2, -0.15) is 0 Å². The monoisotopic (exact) mass is 286 g/mol. The molecule has 1 aromatic carbocycles. The number of carbonyl (C=O) groups is 1. The lowest BCUT2D eigenvalue weighted by Crippen LogP contribution is -2.39. The number of sulfonamides is 1. The number of anilines is 1. The zero-order valence-electron chi connectivity index (χ0n) is 11.4. The lowest BCUT2D eigenvalue weighted by atomic mass is 10.1. The molecule has 0 fully saturated rings. The molecule has 0 heterocycles. The van der Waals surface area contributed by atoms with E-state index in [1.807, 2.05) is 0 Å². The van der Waals surface area contributed by atoms with Crippen molar-refractivity contribution >= 4 is 21.6 Å². The van der Waals surface area contributed by atoms with Crippen molar-refractivity contribution in [2.75, 3.05) is 19.5 Å². The molecule has 0 unspecified atom stereocenters. The maximum Gasteiger partial charge on any atom is 0.256 e. The number of ether oxygens (including phenoxy) is 1. The summed E-state index contributed by atoms with van der Waals surface area (Å²) in [4.78, 5) is 12.0. The Morgan fingerprint density at radius 3 is 2.37 bits per heavy atom. The van der Waals surface area contributed by atoms with Gasteiger partial charge in [0.1, 0.15) is 10.5 Å². The number of amides is 1. The Hall–Kier alpha value is -1.44. The Kier molecular flexibility index (Phi) is 4.67. The molecule has 6 nitrogen and oxygen atoms in total. The van der Waals surface area contributed by atoms with Gasteiger partial charge in [-0.15, -0.1) is 0 Å². The minimum absolute atomic E-state index is 0.0118. The molecule has 1 aromatic rings. The number of hydrogen-bond acceptors (Lipinski definition) is 4. The Balaban J connectivity index is 3.14. The standard InChI is InChI=1S/C12H18N2O4S/c1-12(2,18-4)11(15)14-9-7-5-6-8-10(9)19(16,17)13-3/h5-8,13H,1-4H3,(H,14,15). The summed E-state index contributed by atoms with van der Waals surface area (Å²) in [7, 11) is -0.907.